The summed E-state index contributed by atoms with van der Waals surface area (Å²) >= 11 is 5.19. The zero-order valence-corrected chi connectivity index (χ0v) is 19.2. The Morgan fingerprint density at radius 2 is 2.23 bits per heavy atom. The fraction of sp³-hybridized carbons (Fsp3) is 0.476. The van der Waals surface area contributed by atoms with Crippen molar-refractivity contribution in [2.45, 2.75) is 43.9 Å². The van der Waals surface area contributed by atoms with E-state index in [2.05, 4.69) is 27.0 Å². The Balaban J connectivity index is 1.48. The molecule has 2 aliphatic heterocycles. The molecule has 9 heteroatoms. The Labute approximate surface area is 187 Å². The lowest BCUT2D eigenvalue weighted by atomic mass is 9.67. The number of carbonyl (C=O) groups is 1. The molecule has 4 unspecified atom stereocenters. The van der Waals surface area contributed by atoms with Crippen molar-refractivity contribution in [2.75, 3.05) is 12.8 Å². The molecule has 30 heavy (non-hydrogen) atoms. The molecule has 3 heterocycles. The molecule has 1 spiro atoms. The summed E-state index contributed by atoms with van der Waals surface area (Å²) in [7, 11) is 1.85. The van der Waals surface area contributed by atoms with Crippen LogP contribution in [0.4, 0.5) is 0 Å². The maximum Gasteiger partial charge on any atom is 0.275 e. The van der Waals surface area contributed by atoms with E-state index in [1.165, 1.54) is 6.26 Å². The van der Waals surface area contributed by atoms with Crippen molar-refractivity contribution in [3.8, 4) is 5.75 Å². The number of ether oxygens (including phenoxy) is 1. The van der Waals surface area contributed by atoms with Gasteiger partial charge in [0.25, 0.3) is 5.91 Å². The van der Waals surface area contributed by atoms with E-state index in [9.17, 15) is 4.79 Å². The van der Waals surface area contributed by atoms with Crippen LogP contribution in [0.2, 0.25) is 0 Å². The van der Waals surface area contributed by atoms with E-state index in [-0.39, 0.29) is 24.0 Å². The molecule has 5 rings (SSSR count). The molecule has 1 amide bonds. The fourth-order valence-corrected chi connectivity index (χ4v) is 6.39. The topological polar surface area (TPSA) is 94.0 Å². The largest absolute Gasteiger partial charge is 0.490 e. The maximum absolute atomic E-state index is 12.9. The lowest BCUT2D eigenvalue weighted by Gasteiger charge is -2.49. The molecule has 1 aromatic heterocycles. The van der Waals surface area contributed by atoms with E-state index in [1.807, 2.05) is 19.2 Å². The van der Waals surface area contributed by atoms with Crippen LogP contribution in [-0.2, 0) is 5.54 Å². The van der Waals surface area contributed by atoms with Gasteiger partial charge >= 0.3 is 0 Å². The van der Waals surface area contributed by atoms with Crippen LogP contribution in [0.5, 0.6) is 5.75 Å². The number of aromatic nitrogens is 1. The van der Waals surface area contributed by atoms with Crippen LogP contribution >= 0.6 is 27.7 Å². The van der Waals surface area contributed by atoms with Crippen molar-refractivity contribution in [2.24, 2.45) is 16.6 Å². The Morgan fingerprint density at radius 1 is 1.40 bits per heavy atom. The molecular weight excluding hydrogens is 468 g/mol. The average molecular weight is 491 g/mol. The third-order valence-electron chi connectivity index (χ3n) is 6.51. The number of nitrogens with two attached hydrogens (primary N) is 1. The second kappa shape index (κ2) is 7.30. The van der Waals surface area contributed by atoms with Crippen molar-refractivity contribution >= 4 is 38.8 Å². The van der Waals surface area contributed by atoms with Gasteiger partial charge in [0.05, 0.1) is 0 Å². The van der Waals surface area contributed by atoms with Crippen molar-refractivity contribution in [1.29, 1.82) is 0 Å². The number of fused-ring (bicyclic) bond motifs is 4. The van der Waals surface area contributed by atoms with Gasteiger partial charge in [0.1, 0.15) is 23.7 Å². The van der Waals surface area contributed by atoms with Crippen molar-refractivity contribution in [3.63, 3.8) is 0 Å². The standard InChI is InChI=1S/C21H23BrN4O3S/c1-11-24-16(9-28-11)19(27)26(2)13-4-6-18-15(8-13)21(10-30-20(23)25-21)14-7-12(22)3-5-17(14)29-18/h3,5,7,9,13,15,18H,4,6,8,10H2,1-2H3,(H2,23,25). The minimum Gasteiger partial charge on any atom is -0.490 e. The molecule has 1 aromatic carbocycles. The van der Waals surface area contributed by atoms with Crippen LogP contribution in [0.1, 0.15) is 41.2 Å². The number of amides is 1. The monoisotopic (exact) mass is 490 g/mol. The molecule has 1 saturated carbocycles. The normalized spacial score (nSPS) is 29.7. The Morgan fingerprint density at radius 3 is 2.93 bits per heavy atom. The van der Waals surface area contributed by atoms with Gasteiger partial charge < -0.3 is 19.8 Å². The SMILES string of the molecule is Cc1nc(C(=O)N(C)C2CCC3Oc4ccc(Br)cc4C4(CSC(N)=N4)C3C2)co1. The number of rotatable bonds is 2. The zero-order chi connectivity index (χ0) is 21.0. The average Bonchev–Trinajstić information content (AvgIpc) is 3.34. The molecule has 4 atom stereocenters. The number of oxazole rings is 1. The molecule has 1 fully saturated rings. The zero-order valence-electron chi connectivity index (χ0n) is 16.8. The van der Waals surface area contributed by atoms with Gasteiger partial charge in [-0.15, -0.1) is 0 Å². The van der Waals surface area contributed by atoms with Crippen LogP contribution in [0.15, 0.2) is 38.3 Å². The number of hydrogen-bond donors (Lipinski definition) is 1. The highest BCUT2D eigenvalue weighted by Crippen LogP contribution is 2.55. The van der Waals surface area contributed by atoms with E-state index >= 15 is 0 Å². The molecule has 2 N–H and O–H groups in total. The number of nitrogens with zero attached hydrogens (tertiary/aromatic N) is 3. The van der Waals surface area contributed by atoms with Crippen molar-refractivity contribution in [1.82, 2.24) is 9.88 Å². The van der Waals surface area contributed by atoms with Gasteiger partial charge in [-0.2, -0.15) is 0 Å². The summed E-state index contributed by atoms with van der Waals surface area (Å²) in [6.07, 6.45) is 4.02. The van der Waals surface area contributed by atoms with Gasteiger partial charge in [0.15, 0.2) is 16.8 Å². The summed E-state index contributed by atoms with van der Waals surface area (Å²) in [5.74, 6) is 2.19. The molecule has 2 aromatic rings. The predicted molar refractivity (Wildman–Crippen MR) is 119 cm³/mol. The van der Waals surface area contributed by atoms with E-state index in [0.29, 0.717) is 16.8 Å². The highest BCUT2D eigenvalue weighted by molar-refractivity contribution is 9.10. The summed E-state index contributed by atoms with van der Waals surface area (Å²) in [6.45, 7) is 1.74. The third-order valence-corrected chi connectivity index (χ3v) is 7.98. The predicted octanol–water partition coefficient (Wildman–Crippen LogP) is 3.70. The number of thioether (sulfide) groups is 1. The van der Waals surface area contributed by atoms with Gasteiger partial charge in [0, 0.05) is 41.7 Å². The molecule has 1 aliphatic carbocycles. The first-order valence-corrected chi connectivity index (χ1v) is 11.8. The number of aliphatic imine (C=N–C) groups is 1. The van der Waals surface area contributed by atoms with Crippen molar-refractivity contribution in [3.05, 3.63) is 46.1 Å². The van der Waals surface area contributed by atoms with Gasteiger partial charge in [-0.25, -0.2) is 9.98 Å². The molecule has 0 saturated heterocycles. The van der Waals surface area contributed by atoms with Crippen LogP contribution in [0.25, 0.3) is 0 Å². The lowest BCUT2D eigenvalue weighted by molar-refractivity contribution is -0.00259. The number of amidine groups is 1. The fourth-order valence-electron chi connectivity index (χ4n) is 5.00. The van der Waals surface area contributed by atoms with E-state index < -0.39 is 5.54 Å². The number of carbonyl (C=O) groups excluding carboxylic acids is 1. The molecular formula is C21H23BrN4O3S. The second-order valence-corrected chi connectivity index (χ2v) is 10.1. The van der Waals surface area contributed by atoms with Crippen molar-refractivity contribution < 1.29 is 13.9 Å². The van der Waals surface area contributed by atoms with Crippen LogP contribution in [0, 0.1) is 12.8 Å². The Kier molecular flexibility index (Phi) is 4.85. The summed E-state index contributed by atoms with van der Waals surface area (Å²) < 4.78 is 12.6. The molecule has 3 aliphatic rings. The van der Waals surface area contributed by atoms with Gasteiger partial charge in [-0.1, -0.05) is 27.7 Å². The first kappa shape index (κ1) is 19.9. The summed E-state index contributed by atoms with van der Waals surface area (Å²) in [6, 6.07) is 6.19. The lowest BCUT2D eigenvalue weighted by Crippen LogP contribution is -2.54. The Hall–Kier alpha value is -2.00. The molecule has 158 valence electrons. The smallest absolute Gasteiger partial charge is 0.275 e. The number of aryl methyl sites for hydroxylation is 1. The highest BCUT2D eigenvalue weighted by Gasteiger charge is 2.55. The first-order chi connectivity index (χ1) is 14.4. The summed E-state index contributed by atoms with van der Waals surface area (Å²) in [5, 5.41) is 0.617. The minimum absolute atomic E-state index is 0.0583. The first-order valence-electron chi connectivity index (χ1n) is 10.0. The maximum atomic E-state index is 12.9. The van der Waals surface area contributed by atoms with Gasteiger partial charge in [0.2, 0.25) is 0 Å². The highest BCUT2D eigenvalue weighted by atomic mass is 79.9. The van der Waals surface area contributed by atoms with E-state index in [0.717, 1.165) is 40.8 Å². The van der Waals surface area contributed by atoms with Gasteiger partial charge in [-0.3, -0.25) is 4.79 Å². The molecule has 7 nitrogen and oxygen atoms in total. The summed E-state index contributed by atoms with van der Waals surface area (Å²) in [4.78, 5) is 23.9. The summed E-state index contributed by atoms with van der Waals surface area (Å²) in [5.41, 5.74) is 7.15. The molecule has 0 radical (unpaired) electrons. The minimum atomic E-state index is -0.427. The van der Waals surface area contributed by atoms with Gasteiger partial charge in [-0.05, 0) is 37.5 Å². The van der Waals surface area contributed by atoms with E-state index in [1.54, 1.807) is 23.6 Å². The molecule has 0 bridgehead atoms. The quantitative estimate of drug-likeness (QED) is 0.689. The Bertz CT molecular complexity index is 1040. The third kappa shape index (κ3) is 3.13. The van der Waals surface area contributed by atoms with Crippen LogP contribution in [-0.4, -0.2) is 45.9 Å². The van der Waals surface area contributed by atoms with Crippen LogP contribution < -0.4 is 10.5 Å². The van der Waals surface area contributed by atoms with Crippen LogP contribution in [0.3, 0.4) is 0 Å². The second-order valence-electron chi connectivity index (χ2n) is 8.20. The number of hydrogen-bond acceptors (Lipinski definition) is 7. The van der Waals surface area contributed by atoms with E-state index in [4.69, 9.17) is 19.9 Å². The number of halogens is 1. The number of benzene rings is 1.